The van der Waals surface area contributed by atoms with Gasteiger partial charge in [-0.2, -0.15) is 13.2 Å². The molecule has 5 rings (SSSR count). The summed E-state index contributed by atoms with van der Waals surface area (Å²) in [5.41, 5.74) is 1.58. The van der Waals surface area contributed by atoms with Gasteiger partial charge in [0.2, 0.25) is 5.91 Å². The zero-order valence-corrected chi connectivity index (χ0v) is 23.5. The number of sulfone groups is 1. The molecule has 2 aliphatic heterocycles. The number of nitrogens with zero attached hydrogens (tertiary/aromatic N) is 2. The van der Waals surface area contributed by atoms with Crippen LogP contribution in [0.3, 0.4) is 0 Å². The molecule has 41 heavy (non-hydrogen) atoms. The van der Waals surface area contributed by atoms with Crippen LogP contribution in [0.15, 0.2) is 71.6 Å². The number of para-hydroxylation sites is 1. The number of benzene rings is 3. The first-order valence-electron chi connectivity index (χ1n) is 13.1. The lowest BCUT2D eigenvalue weighted by molar-refractivity contribution is -0.187. The number of alkyl halides is 3. The summed E-state index contributed by atoms with van der Waals surface area (Å²) >= 11 is 0. The second-order valence-corrected chi connectivity index (χ2v) is 12.9. The number of carbonyl (C=O) groups is 2. The van der Waals surface area contributed by atoms with Crippen molar-refractivity contribution in [2.24, 2.45) is 5.92 Å². The zero-order chi connectivity index (χ0) is 29.9. The van der Waals surface area contributed by atoms with Crippen LogP contribution in [0.4, 0.5) is 24.5 Å². The number of carbonyl (C=O) groups excluding carboxylic acids is 2. The Hall–Kier alpha value is -3.70. The van der Waals surface area contributed by atoms with E-state index in [0.717, 1.165) is 11.2 Å². The lowest BCUT2D eigenvalue weighted by Crippen LogP contribution is -2.54. The van der Waals surface area contributed by atoms with E-state index in [2.05, 4.69) is 0 Å². The summed E-state index contributed by atoms with van der Waals surface area (Å²) in [4.78, 5) is 29.2. The maximum atomic E-state index is 14.4. The van der Waals surface area contributed by atoms with Gasteiger partial charge >= 0.3 is 12.1 Å². The molecule has 7 nitrogen and oxygen atoms in total. The summed E-state index contributed by atoms with van der Waals surface area (Å²) < 4.78 is 65.4. The van der Waals surface area contributed by atoms with Crippen molar-refractivity contribution in [1.82, 2.24) is 4.90 Å². The van der Waals surface area contributed by atoms with Crippen molar-refractivity contribution in [2.45, 2.75) is 49.4 Å². The molecule has 3 aromatic carbocycles. The van der Waals surface area contributed by atoms with Crippen LogP contribution in [0.1, 0.15) is 31.4 Å². The molecule has 2 heterocycles. The summed E-state index contributed by atoms with van der Waals surface area (Å²) in [5, 5.41) is 9.62. The fraction of sp³-hybridized carbons (Fsp3) is 0.333. The van der Waals surface area contributed by atoms with E-state index in [4.69, 9.17) is 0 Å². The molecule has 0 radical (unpaired) electrons. The van der Waals surface area contributed by atoms with Gasteiger partial charge in [-0.05, 0) is 58.9 Å². The highest BCUT2D eigenvalue weighted by Crippen LogP contribution is 2.55. The minimum atomic E-state index is -5.07. The number of rotatable bonds is 5. The monoisotopic (exact) mass is 586 g/mol. The van der Waals surface area contributed by atoms with Crippen molar-refractivity contribution in [2.75, 3.05) is 17.7 Å². The highest BCUT2D eigenvalue weighted by Gasteiger charge is 2.64. The highest BCUT2D eigenvalue weighted by atomic mass is 32.2. The molecule has 1 fully saturated rings. The minimum Gasteiger partial charge on any atom is -0.392 e. The Morgan fingerprint density at radius 1 is 1.05 bits per heavy atom. The van der Waals surface area contributed by atoms with E-state index in [0.29, 0.717) is 28.1 Å². The standard InChI is InChI=1S/C30H29F3N2O5S/c1-18(2)26-29(13-14-34(26)28(38)30(31,32)33)23-9-4-5-10-24(23)35(27(29)37)22-8-6-7-19(15-22)20-11-12-21(17-36)25(16-20)41(3,39)40/h4-12,15-16,18,26,36H,13-14,17H2,1-3H3/t26?,29-/m0/s1. The quantitative estimate of drug-likeness (QED) is 0.455. The fourth-order valence-corrected chi connectivity index (χ4v) is 7.41. The predicted molar refractivity (Wildman–Crippen MR) is 147 cm³/mol. The van der Waals surface area contributed by atoms with Crippen LogP contribution in [-0.4, -0.2) is 55.3 Å². The van der Waals surface area contributed by atoms with Crippen LogP contribution >= 0.6 is 0 Å². The van der Waals surface area contributed by atoms with E-state index in [1.54, 1.807) is 68.4 Å². The molecule has 2 atom stereocenters. The average Bonchev–Trinajstić information content (AvgIpc) is 3.44. The molecule has 0 bridgehead atoms. The van der Waals surface area contributed by atoms with Gasteiger partial charge < -0.3 is 10.0 Å². The third-order valence-electron chi connectivity index (χ3n) is 8.01. The molecule has 1 saturated heterocycles. The number of anilines is 2. The van der Waals surface area contributed by atoms with E-state index >= 15 is 0 Å². The van der Waals surface area contributed by atoms with Crippen LogP contribution in [0.2, 0.25) is 0 Å². The molecule has 0 saturated carbocycles. The minimum absolute atomic E-state index is 0.00963. The smallest absolute Gasteiger partial charge is 0.392 e. The molecule has 11 heteroatoms. The summed E-state index contributed by atoms with van der Waals surface area (Å²) in [6, 6.07) is 17.5. The van der Waals surface area contributed by atoms with Crippen molar-refractivity contribution in [1.29, 1.82) is 0 Å². The maximum absolute atomic E-state index is 14.4. The molecule has 1 unspecified atom stereocenters. The molecule has 0 aromatic heterocycles. The third kappa shape index (κ3) is 4.61. The Kier molecular flexibility index (Phi) is 7.02. The van der Waals surface area contributed by atoms with Crippen LogP contribution < -0.4 is 4.90 Å². The molecular weight excluding hydrogens is 557 g/mol. The van der Waals surface area contributed by atoms with Gasteiger partial charge in [0.05, 0.1) is 28.6 Å². The SMILES string of the molecule is CC(C)C1N(C(=O)C(F)(F)F)CC[C@@]12C(=O)N(c1cccc(-c3ccc(CO)c(S(C)(=O)=O)c3)c1)c1ccccc12. The highest BCUT2D eigenvalue weighted by molar-refractivity contribution is 7.90. The van der Waals surface area contributed by atoms with Gasteiger partial charge in [0.15, 0.2) is 9.84 Å². The van der Waals surface area contributed by atoms with Crippen molar-refractivity contribution in [3.8, 4) is 11.1 Å². The van der Waals surface area contributed by atoms with Crippen molar-refractivity contribution in [3.63, 3.8) is 0 Å². The number of amides is 2. The summed E-state index contributed by atoms with van der Waals surface area (Å²) in [5.74, 6) is -2.82. The van der Waals surface area contributed by atoms with Gasteiger partial charge in [0.1, 0.15) is 0 Å². The average molecular weight is 587 g/mol. The second kappa shape index (κ2) is 9.99. The fourth-order valence-electron chi connectivity index (χ4n) is 6.46. The van der Waals surface area contributed by atoms with E-state index in [1.807, 2.05) is 0 Å². The normalized spacial score (nSPS) is 20.8. The van der Waals surface area contributed by atoms with Crippen molar-refractivity contribution in [3.05, 3.63) is 77.9 Å². The summed E-state index contributed by atoms with van der Waals surface area (Å²) in [6.45, 7) is 2.77. The van der Waals surface area contributed by atoms with Crippen LogP contribution in [-0.2, 0) is 31.4 Å². The first-order chi connectivity index (χ1) is 19.2. The lowest BCUT2D eigenvalue weighted by atomic mass is 9.71. The zero-order valence-electron chi connectivity index (χ0n) is 22.6. The number of hydrogen-bond donors (Lipinski definition) is 1. The molecule has 2 aliphatic rings. The molecule has 0 aliphatic carbocycles. The Morgan fingerprint density at radius 2 is 1.73 bits per heavy atom. The lowest BCUT2D eigenvalue weighted by Gasteiger charge is -2.37. The van der Waals surface area contributed by atoms with Crippen LogP contribution in [0.5, 0.6) is 0 Å². The largest absolute Gasteiger partial charge is 0.471 e. The van der Waals surface area contributed by atoms with Crippen molar-refractivity contribution < 1.29 is 36.3 Å². The van der Waals surface area contributed by atoms with Gasteiger partial charge in [-0.25, -0.2) is 8.42 Å². The Labute approximate surface area is 236 Å². The van der Waals surface area contributed by atoms with E-state index in [1.165, 1.54) is 17.0 Å². The Morgan fingerprint density at radius 3 is 2.37 bits per heavy atom. The number of halogens is 3. The number of hydrogen-bond acceptors (Lipinski definition) is 5. The molecule has 3 aromatic rings. The summed E-state index contributed by atoms with van der Waals surface area (Å²) in [6.07, 6.45) is -3.96. The van der Waals surface area contributed by atoms with E-state index in [-0.39, 0.29) is 23.4 Å². The molecule has 2 amide bonds. The number of aliphatic hydroxyl groups is 1. The van der Waals surface area contributed by atoms with Gasteiger partial charge in [0, 0.05) is 18.5 Å². The molecular formula is C30H29F3N2O5S. The van der Waals surface area contributed by atoms with Crippen LogP contribution in [0, 0.1) is 5.92 Å². The first kappa shape index (κ1) is 28.8. The number of fused-ring (bicyclic) bond motifs is 2. The van der Waals surface area contributed by atoms with Crippen LogP contribution in [0.25, 0.3) is 11.1 Å². The Bertz CT molecular complexity index is 1650. The molecule has 216 valence electrons. The third-order valence-corrected chi connectivity index (χ3v) is 9.19. The predicted octanol–water partition coefficient (Wildman–Crippen LogP) is 4.98. The van der Waals surface area contributed by atoms with E-state index < -0.39 is 51.8 Å². The van der Waals surface area contributed by atoms with Gasteiger partial charge in [-0.1, -0.05) is 56.3 Å². The number of aliphatic hydroxyl groups excluding tert-OH is 1. The summed E-state index contributed by atoms with van der Waals surface area (Å²) in [7, 11) is -3.64. The molecule has 1 spiro atoms. The Balaban J connectivity index is 1.63. The van der Waals surface area contributed by atoms with Gasteiger partial charge in [-0.15, -0.1) is 0 Å². The number of likely N-dealkylation sites (tertiary alicyclic amines) is 1. The van der Waals surface area contributed by atoms with Gasteiger partial charge in [-0.3, -0.25) is 14.5 Å². The first-order valence-corrected chi connectivity index (χ1v) is 15.0. The van der Waals surface area contributed by atoms with Gasteiger partial charge in [0.25, 0.3) is 0 Å². The van der Waals surface area contributed by atoms with Crippen molar-refractivity contribution >= 4 is 33.0 Å². The second-order valence-electron chi connectivity index (χ2n) is 10.9. The van der Waals surface area contributed by atoms with E-state index in [9.17, 15) is 36.3 Å². The topological polar surface area (TPSA) is 95.0 Å². The molecule has 1 N–H and O–H groups in total. The maximum Gasteiger partial charge on any atom is 0.471 e.